The number of nitrogens with zero attached hydrogens (tertiary/aromatic N) is 1. The lowest BCUT2D eigenvalue weighted by molar-refractivity contribution is 0.0740. The molecule has 2 heterocycles. The molecule has 0 atom stereocenters. The van der Waals surface area contributed by atoms with Gasteiger partial charge in [-0.3, -0.25) is 4.79 Å². The number of aromatic nitrogens is 1. The van der Waals surface area contributed by atoms with Gasteiger partial charge in [0.25, 0.3) is 5.91 Å². The molecule has 1 aliphatic heterocycles. The molecule has 1 aromatic heterocycles. The van der Waals surface area contributed by atoms with E-state index in [1.54, 1.807) is 0 Å². The van der Waals surface area contributed by atoms with E-state index in [1.807, 2.05) is 41.7 Å². The third-order valence-electron chi connectivity index (χ3n) is 3.58. The maximum atomic E-state index is 12.1. The van der Waals surface area contributed by atoms with Gasteiger partial charge in [-0.05, 0) is 31.2 Å². The summed E-state index contributed by atoms with van der Waals surface area (Å²) in [7, 11) is 1.88. The van der Waals surface area contributed by atoms with Crippen molar-refractivity contribution in [2.24, 2.45) is 7.05 Å². The van der Waals surface area contributed by atoms with E-state index >= 15 is 0 Å². The van der Waals surface area contributed by atoms with Crippen molar-refractivity contribution in [1.82, 2.24) is 9.88 Å². The van der Waals surface area contributed by atoms with E-state index in [4.69, 9.17) is 4.74 Å². The third kappa shape index (κ3) is 2.90. The smallest absolute Gasteiger partial charge is 0.267 e. The molecular weight excluding hydrogens is 248 g/mol. The van der Waals surface area contributed by atoms with E-state index in [-0.39, 0.29) is 10.7 Å². The number of hydrogen-bond acceptors (Lipinski definition) is 3. The summed E-state index contributed by atoms with van der Waals surface area (Å²) in [5.74, 6) is 0.00224. The van der Waals surface area contributed by atoms with E-state index < -0.39 is 0 Å². The predicted molar refractivity (Wildman–Crippen MR) is 74.0 cm³/mol. The van der Waals surface area contributed by atoms with Crippen molar-refractivity contribution in [2.45, 2.75) is 17.6 Å². The number of rotatable bonds is 4. The van der Waals surface area contributed by atoms with Crippen molar-refractivity contribution in [3.05, 3.63) is 24.0 Å². The Hall–Kier alpha value is -0.940. The molecule has 0 unspecified atom stereocenters. The van der Waals surface area contributed by atoms with Crippen LogP contribution in [0, 0.1) is 0 Å². The van der Waals surface area contributed by atoms with Crippen LogP contribution in [0.3, 0.4) is 0 Å². The normalized spacial score (nSPS) is 18.6. The van der Waals surface area contributed by atoms with Crippen molar-refractivity contribution in [1.29, 1.82) is 0 Å². The molecule has 1 aromatic rings. The minimum atomic E-state index is 0.00224. The number of carbonyl (C=O) groups excluding carboxylic acids is 1. The van der Waals surface area contributed by atoms with Gasteiger partial charge in [0.05, 0.1) is 0 Å². The van der Waals surface area contributed by atoms with Gasteiger partial charge in [0, 0.05) is 37.8 Å². The number of nitrogens with one attached hydrogen (secondary N) is 1. The van der Waals surface area contributed by atoms with Gasteiger partial charge in [-0.2, -0.15) is 11.8 Å². The number of ether oxygens (including phenoxy) is 1. The van der Waals surface area contributed by atoms with Crippen LogP contribution in [-0.4, -0.2) is 41.2 Å². The van der Waals surface area contributed by atoms with E-state index in [1.165, 1.54) is 0 Å². The Morgan fingerprint density at radius 3 is 2.83 bits per heavy atom. The zero-order valence-electron chi connectivity index (χ0n) is 10.9. The lowest BCUT2D eigenvalue weighted by Crippen LogP contribution is -2.44. The van der Waals surface area contributed by atoms with Crippen LogP contribution in [0.1, 0.15) is 23.3 Å². The van der Waals surface area contributed by atoms with Gasteiger partial charge >= 0.3 is 0 Å². The molecule has 100 valence electrons. The van der Waals surface area contributed by atoms with Crippen molar-refractivity contribution in [3.8, 4) is 0 Å². The van der Waals surface area contributed by atoms with Crippen LogP contribution in [0.25, 0.3) is 0 Å². The monoisotopic (exact) mass is 268 g/mol. The fourth-order valence-corrected chi connectivity index (χ4v) is 3.02. The average Bonchev–Trinajstić information content (AvgIpc) is 2.83. The summed E-state index contributed by atoms with van der Waals surface area (Å²) in [4.78, 5) is 12.1. The fraction of sp³-hybridized carbons (Fsp3) is 0.615. The zero-order valence-corrected chi connectivity index (χ0v) is 11.8. The first-order valence-electron chi connectivity index (χ1n) is 6.19. The molecule has 1 amide bonds. The standard InChI is InChI=1S/C13H20N2O2S/c1-15-7-3-4-11(15)12(16)14-10-13(18-2)5-8-17-9-6-13/h3-4,7H,5-6,8-10H2,1-2H3,(H,14,16). The minimum Gasteiger partial charge on any atom is -0.381 e. The second kappa shape index (κ2) is 5.80. The topological polar surface area (TPSA) is 43.3 Å². The highest BCUT2D eigenvalue weighted by molar-refractivity contribution is 8.00. The molecular formula is C13H20N2O2S. The number of hydrogen-bond donors (Lipinski definition) is 1. The van der Waals surface area contributed by atoms with Crippen molar-refractivity contribution in [2.75, 3.05) is 26.0 Å². The Bertz CT molecular complexity index is 411. The Morgan fingerprint density at radius 1 is 1.56 bits per heavy atom. The summed E-state index contributed by atoms with van der Waals surface area (Å²) in [6.07, 6.45) is 6.00. The maximum Gasteiger partial charge on any atom is 0.267 e. The molecule has 1 aliphatic rings. The Labute approximate surface area is 112 Å². The minimum absolute atomic E-state index is 0.00224. The lowest BCUT2D eigenvalue weighted by Gasteiger charge is -2.35. The summed E-state index contributed by atoms with van der Waals surface area (Å²) in [5, 5.41) is 3.05. The Balaban J connectivity index is 1.94. The molecule has 18 heavy (non-hydrogen) atoms. The molecule has 0 spiro atoms. The molecule has 0 aromatic carbocycles. The lowest BCUT2D eigenvalue weighted by atomic mass is 9.99. The van der Waals surface area contributed by atoms with Gasteiger partial charge in [-0.25, -0.2) is 0 Å². The second-order valence-corrected chi connectivity index (χ2v) is 5.96. The fourth-order valence-electron chi connectivity index (χ4n) is 2.23. The second-order valence-electron chi connectivity index (χ2n) is 4.69. The summed E-state index contributed by atoms with van der Waals surface area (Å²) in [6.45, 7) is 2.29. The summed E-state index contributed by atoms with van der Waals surface area (Å²) in [6, 6.07) is 3.72. The molecule has 0 bridgehead atoms. The maximum absolute atomic E-state index is 12.1. The Morgan fingerprint density at radius 2 is 2.28 bits per heavy atom. The van der Waals surface area contributed by atoms with Gasteiger partial charge in [0.2, 0.25) is 0 Å². The van der Waals surface area contributed by atoms with E-state index in [0.717, 1.165) is 26.1 Å². The molecule has 5 heteroatoms. The first-order valence-corrected chi connectivity index (χ1v) is 7.42. The number of thioether (sulfide) groups is 1. The highest BCUT2D eigenvalue weighted by Gasteiger charge is 2.32. The SMILES string of the molecule is CSC1(CNC(=O)c2cccn2C)CCOCC1. The van der Waals surface area contributed by atoms with E-state index in [2.05, 4.69) is 11.6 Å². The average molecular weight is 268 g/mol. The number of carbonyl (C=O) groups is 1. The van der Waals surface area contributed by atoms with Gasteiger partial charge in [0.15, 0.2) is 0 Å². The van der Waals surface area contributed by atoms with Crippen LogP contribution in [0.2, 0.25) is 0 Å². The molecule has 4 nitrogen and oxygen atoms in total. The molecule has 1 saturated heterocycles. The molecule has 0 saturated carbocycles. The van der Waals surface area contributed by atoms with Crippen molar-refractivity contribution < 1.29 is 9.53 Å². The summed E-state index contributed by atoms with van der Waals surface area (Å²) in [5.41, 5.74) is 0.707. The van der Waals surface area contributed by atoms with Gasteiger partial charge in [0.1, 0.15) is 5.69 Å². The first-order chi connectivity index (χ1) is 8.67. The molecule has 1 fully saturated rings. The van der Waals surface area contributed by atoms with Gasteiger partial charge in [-0.1, -0.05) is 0 Å². The van der Waals surface area contributed by atoms with Crippen molar-refractivity contribution >= 4 is 17.7 Å². The van der Waals surface area contributed by atoms with Crippen molar-refractivity contribution in [3.63, 3.8) is 0 Å². The van der Waals surface area contributed by atoms with Crippen LogP contribution in [0.15, 0.2) is 18.3 Å². The van der Waals surface area contributed by atoms with Gasteiger partial charge < -0.3 is 14.6 Å². The highest BCUT2D eigenvalue weighted by atomic mass is 32.2. The molecule has 1 N–H and O–H groups in total. The quantitative estimate of drug-likeness (QED) is 0.903. The van der Waals surface area contributed by atoms with Crippen LogP contribution in [0.5, 0.6) is 0 Å². The third-order valence-corrected chi connectivity index (χ3v) is 5.00. The van der Waals surface area contributed by atoms with E-state index in [0.29, 0.717) is 12.2 Å². The summed E-state index contributed by atoms with van der Waals surface area (Å²) < 4.78 is 7.37. The zero-order chi connectivity index (χ0) is 13.0. The van der Waals surface area contributed by atoms with Crippen LogP contribution >= 0.6 is 11.8 Å². The predicted octanol–water partition coefficient (Wildman–Crippen LogP) is 1.67. The largest absolute Gasteiger partial charge is 0.381 e. The number of aryl methyl sites for hydroxylation is 1. The van der Waals surface area contributed by atoms with Crippen LogP contribution in [0.4, 0.5) is 0 Å². The summed E-state index contributed by atoms with van der Waals surface area (Å²) >= 11 is 1.84. The van der Waals surface area contributed by atoms with Gasteiger partial charge in [-0.15, -0.1) is 0 Å². The number of amides is 1. The van der Waals surface area contributed by atoms with E-state index in [9.17, 15) is 4.79 Å². The molecule has 0 aliphatic carbocycles. The van der Waals surface area contributed by atoms with Crippen LogP contribution in [-0.2, 0) is 11.8 Å². The molecule has 0 radical (unpaired) electrons. The Kier molecular flexibility index (Phi) is 4.35. The first kappa shape index (κ1) is 13.5. The molecule has 2 rings (SSSR count). The highest BCUT2D eigenvalue weighted by Crippen LogP contribution is 2.33. The van der Waals surface area contributed by atoms with Crippen LogP contribution < -0.4 is 5.32 Å².